The first-order valence-corrected chi connectivity index (χ1v) is 8.81. The minimum Gasteiger partial charge on any atom is -0.330 e. The molecule has 3 nitrogen and oxygen atoms in total. The van der Waals surface area contributed by atoms with Crippen molar-refractivity contribution < 1.29 is 4.39 Å². The maximum absolute atomic E-state index is 13.1. The average Bonchev–Trinajstić information content (AvgIpc) is 3.03. The van der Waals surface area contributed by atoms with E-state index < -0.39 is 0 Å². The van der Waals surface area contributed by atoms with Gasteiger partial charge in [-0.25, -0.2) is 9.37 Å². The largest absolute Gasteiger partial charge is 0.330 e. The number of hydrogen-bond donors (Lipinski definition) is 0. The van der Waals surface area contributed by atoms with E-state index in [0.717, 1.165) is 19.5 Å². The van der Waals surface area contributed by atoms with Crippen LogP contribution in [0.3, 0.4) is 0 Å². The quantitative estimate of drug-likeness (QED) is 0.830. The fourth-order valence-corrected chi connectivity index (χ4v) is 4.04. The molecule has 4 heteroatoms. The summed E-state index contributed by atoms with van der Waals surface area (Å²) in [5.74, 6) is -0.157. The molecule has 1 atom stereocenters. The number of aromatic nitrogens is 2. The van der Waals surface area contributed by atoms with Crippen molar-refractivity contribution >= 4 is 0 Å². The van der Waals surface area contributed by atoms with Crippen LogP contribution in [0.5, 0.6) is 0 Å². The molecule has 2 aliphatic rings. The van der Waals surface area contributed by atoms with Crippen molar-refractivity contribution in [2.24, 2.45) is 0 Å². The normalized spacial score (nSPS) is 22.9. The van der Waals surface area contributed by atoms with Crippen LogP contribution in [-0.4, -0.2) is 21.0 Å². The summed E-state index contributed by atoms with van der Waals surface area (Å²) in [5, 5.41) is 0. The van der Waals surface area contributed by atoms with E-state index in [-0.39, 0.29) is 5.82 Å². The Morgan fingerprint density at radius 1 is 1.04 bits per heavy atom. The molecule has 1 aromatic heterocycles. The van der Waals surface area contributed by atoms with Gasteiger partial charge < -0.3 is 4.57 Å². The SMILES string of the molecule is Fc1ccc([C@H]2CCN2Cc2cncn2C2CCCCC2)cc1. The minimum atomic E-state index is -0.157. The highest BCUT2D eigenvalue weighted by Gasteiger charge is 2.30. The van der Waals surface area contributed by atoms with Crippen LogP contribution in [-0.2, 0) is 6.54 Å². The van der Waals surface area contributed by atoms with Crippen LogP contribution >= 0.6 is 0 Å². The summed E-state index contributed by atoms with van der Waals surface area (Å²) < 4.78 is 15.5. The summed E-state index contributed by atoms with van der Waals surface area (Å²) in [4.78, 5) is 6.88. The second-order valence-corrected chi connectivity index (χ2v) is 6.91. The molecule has 0 unspecified atom stereocenters. The number of hydrogen-bond acceptors (Lipinski definition) is 2. The van der Waals surface area contributed by atoms with Crippen LogP contribution in [0, 0.1) is 5.82 Å². The Hall–Kier alpha value is -1.68. The minimum absolute atomic E-state index is 0.157. The summed E-state index contributed by atoms with van der Waals surface area (Å²) in [6.45, 7) is 2.05. The molecule has 0 amide bonds. The summed E-state index contributed by atoms with van der Waals surface area (Å²) in [5.41, 5.74) is 2.55. The van der Waals surface area contributed by atoms with E-state index in [2.05, 4.69) is 14.5 Å². The number of imidazole rings is 1. The average molecular weight is 313 g/mol. The molecular weight excluding hydrogens is 289 g/mol. The van der Waals surface area contributed by atoms with Crippen LogP contribution in [0.2, 0.25) is 0 Å². The van der Waals surface area contributed by atoms with Crippen molar-refractivity contribution in [2.45, 2.75) is 57.2 Å². The standard InChI is InChI=1S/C19H24FN3/c20-16-8-6-15(7-9-16)19-10-11-22(19)13-18-12-21-14-23(18)17-4-2-1-3-5-17/h6-9,12,14,17,19H,1-5,10-11,13H2/t19-/m1/s1. The lowest BCUT2D eigenvalue weighted by Crippen LogP contribution is -2.40. The van der Waals surface area contributed by atoms with Crippen LogP contribution in [0.25, 0.3) is 0 Å². The number of rotatable bonds is 4. The Kier molecular flexibility index (Phi) is 4.17. The lowest BCUT2D eigenvalue weighted by atomic mass is 9.94. The maximum Gasteiger partial charge on any atom is 0.123 e. The zero-order valence-corrected chi connectivity index (χ0v) is 13.5. The Bertz CT molecular complexity index is 643. The molecule has 0 bridgehead atoms. The molecule has 23 heavy (non-hydrogen) atoms. The van der Waals surface area contributed by atoms with Gasteiger partial charge in [0.15, 0.2) is 0 Å². The zero-order chi connectivity index (χ0) is 15.6. The van der Waals surface area contributed by atoms with E-state index in [1.54, 1.807) is 12.1 Å². The fourth-order valence-electron chi connectivity index (χ4n) is 4.04. The van der Waals surface area contributed by atoms with Crippen molar-refractivity contribution in [1.82, 2.24) is 14.5 Å². The molecular formula is C19H24FN3. The van der Waals surface area contributed by atoms with Crippen LogP contribution in [0.1, 0.15) is 61.9 Å². The van der Waals surface area contributed by atoms with Crippen molar-refractivity contribution in [3.63, 3.8) is 0 Å². The molecule has 0 radical (unpaired) electrons. The predicted octanol–water partition coefficient (Wildman–Crippen LogP) is 4.47. The third-order valence-corrected chi connectivity index (χ3v) is 5.46. The Balaban J connectivity index is 1.46. The van der Waals surface area contributed by atoms with Gasteiger partial charge in [0.25, 0.3) is 0 Å². The molecule has 1 saturated heterocycles. The smallest absolute Gasteiger partial charge is 0.123 e. The summed E-state index contributed by atoms with van der Waals surface area (Å²) >= 11 is 0. The van der Waals surface area contributed by atoms with Crippen molar-refractivity contribution in [1.29, 1.82) is 0 Å². The third-order valence-electron chi connectivity index (χ3n) is 5.46. The van der Waals surface area contributed by atoms with Gasteiger partial charge in [-0.05, 0) is 37.0 Å². The number of nitrogens with zero attached hydrogens (tertiary/aromatic N) is 3. The van der Waals surface area contributed by atoms with Crippen LogP contribution in [0.4, 0.5) is 4.39 Å². The van der Waals surface area contributed by atoms with Crippen LogP contribution < -0.4 is 0 Å². The highest BCUT2D eigenvalue weighted by molar-refractivity contribution is 5.22. The van der Waals surface area contributed by atoms with Gasteiger partial charge >= 0.3 is 0 Å². The molecule has 4 rings (SSSR count). The Morgan fingerprint density at radius 2 is 1.83 bits per heavy atom. The first-order valence-electron chi connectivity index (χ1n) is 8.81. The first kappa shape index (κ1) is 14.9. The number of benzene rings is 1. The Labute approximate surface area is 137 Å². The highest BCUT2D eigenvalue weighted by Crippen LogP contribution is 2.35. The molecule has 1 aliphatic heterocycles. The second kappa shape index (κ2) is 6.44. The van der Waals surface area contributed by atoms with Crippen molar-refractivity contribution in [3.8, 4) is 0 Å². The van der Waals surface area contributed by atoms with Gasteiger partial charge in [0.2, 0.25) is 0 Å². The van der Waals surface area contributed by atoms with E-state index in [1.165, 1.54) is 43.4 Å². The summed E-state index contributed by atoms with van der Waals surface area (Å²) in [6.07, 6.45) is 11.8. The van der Waals surface area contributed by atoms with Gasteiger partial charge in [-0.1, -0.05) is 31.4 Å². The highest BCUT2D eigenvalue weighted by atomic mass is 19.1. The molecule has 0 N–H and O–H groups in total. The predicted molar refractivity (Wildman–Crippen MR) is 88.5 cm³/mol. The molecule has 2 aromatic rings. The van der Waals surface area contributed by atoms with Gasteiger partial charge in [-0.2, -0.15) is 0 Å². The number of likely N-dealkylation sites (tertiary alicyclic amines) is 1. The Morgan fingerprint density at radius 3 is 2.52 bits per heavy atom. The topological polar surface area (TPSA) is 21.1 Å². The van der Waals surface area contributed by atoms with Gasteiger partial charge in [-0.3, -0.25) is 4.90 Å². The molecule has 1 aromatic carbocycles. The molecule has 1 saturated carbocycles. The lowest BCUT2D eigenvalue weighted by molar-refractivity contribution is 0.0779. The molecule has 1 aliphatic carbocycles. The van der Waals surface area contributed by atoms with Gasteiger partial charge in [-0.15, -0.1) is 0 Å². The molecule has 2 heterocycles. The monoisotopic (exact) mass is 313 g/mol. The summed E-state index contributed by atoms with van der Waals surface area (Å²) in [6, 6.07) is 8.03. The lowest BCUT2D eigenvalue weighted by Gasteiger charge is -2.41. The van der Waals surface area contributed by atoms with E-state index in [9.17, 15) is 4.39 Å². The maximum atomic E-state index is 13.1. The number of halogens is 1. The van der Waals surface area contributed by atoms with Gasteiger partial charge in [0, 0.05) is 31.4 Å². The van der Waals surface area contributed by atoms with E-state index in [0.29, 0.717) is 12.1 Å². The fraction of sp³-hybridized carbons (Fsp3) is 0.526. The molecule has 2 fully saturated rings. The van der Waals surface area contributed by atoms with Crippen molar-refractivity contribution in [2.75, 3.05) is 6.54 Å². The third kappa shape index (κ3) is 3.05. The van der Waals surface area contributed by atoms with Gasteiger partial charge in [0.1, 0.15) is 5.82 Å². The summed E-state index contributed by atoms with van der Waals surface area (Å²) in [7, 11) is 0. The molecule has 0 spiro atoms. The van der Waals surface area contributed by atoms with Crippen molar-refractivity contribution in [3.05, 3.63) is 53.9 Å². The van der Waals surface area contributed by atoms with Gasteiger partial charge in [0.05, 0.1) is 12.0 Å². The van der Waals surface area contributed by atoms with E-state index >= 15 is 0 Å². The zero-order valence-electron chi connectivity index (χ0n) is 13.5. The second-order valence-electron chi connectivity index (χ2n) is 6.91. The first-order chi connectivity index (χ1) is 11.3. The molecule has 122 valence electrons. The van der Waals surface area contributed by atoms with Crippen LogP contribution in [0.15, 0.2) is 36.8 Å². The van der Waals surface area contributed by atoms with E-state index in [4.69, 9.17) is 0 Å². The van der Waals surface area contributed by atoms with E-state index in [1.807, 2.05) is 24.7 Å².